The molecular weight excluding hydrogens is 343 g/mol. The Kier molecular flexibility index (Phi) is 2.78. The summed E-state index contributed by atoms with van der Waals surface area (Å²) in [6.45, 7) is 0. The van der Waals surface area contributed by atoms with Crippen molar-refractivity contribution in [2.45, 2.75) is 0 Å². The minimum atomic E-state index is -0.217. The molecule has 1 aromatic heterocycles. The lowest BCUT2D eigenvalue weighted by molar-refractivity contribution is 0.106. The molecule has 2 N–H and O–H groups in total. The molecule has 1 aliphatic rings. The van der Waals surface area contributed by atoms with Crippen LogP contribution in [0.4, 0.5) is 5.69 Å². The van der Waals surface area contributed by atoms with Gasteiger partial charge in [0.05, 0.1) is 11.3 Å². The van der Waals surface area contributed by atoms with Crippen molar-refractivity contribution in [2.24, 2.45) is 4.99 Å². The Morgan fingerprint density at radius 3 is 2.82 bits per heavy atom. The van der Waals surface area contributed by atoms with E-state index in [1.807, 2.05) is 6.07 Å². The van der Waals surface area contributed by atoms with E-state index in [1.54, 1.807) is 30.3 Å². The summed E-state index contributed by atoms with van der Waals surface area (Å²) in [5, 5.41) is 11.0. The molecule has 2 heterocycles. The average Bonchev–Trinajstić information content (AvgIpc) is 2.98. The smallest absolute Gasteiger partial charge is 0.215 e. The van der Waals surface area contributed by atoms with Crippen LogP contribution in [-0.2, 0) is 0 Å². The van der Waals surface area contributed by atoms with Gasteiger partial charge in [-0.2, -0.15) is 0 Å². The van der Waals surface area contributed by atoms with E-state index >= 15 is 0 Å². The number of nitrogens with zero attached hydrogens (tertiary/aromatic N) is 1. The second kappa shape index (κ2) is 4.58. The Balaban J connectivity index is 1.91. The number of hydrogen-bond acceptors (Lipinski definition) is 3. The number of aromatic hydroxyl groups is 1. The molecule has 0 saturated heterocycles. The molecule has 0 fully saturated rings. The molecule has 2 aromatic carbocycles. The van der Waals surface area contributed by atoms with Gasteiger partial charge in [-0.15, -0.1) is 0 Å². The predicted molar refractivity (Wildman–Crippen MR) is 90.0 cm³/mol. The summed E-state index contributed by atoms with van der Waals surface area (Å²) < 4.78 is 0.810. The van der Waals surface area contributed by atoms with E-state index in [4.69, 9.17) is 7.85 Å². The van der Waals surface area contributed by atoms with E-state index in [1.165, 1.54) is 0 Å². The van der Waals surface area contributed by atoms with Gasteiger partial charge < -0.3 is 10.1 Å². The standard InChI is InChI=1S/C16H8BBrN2O2/c17-7-1-3-11-9(5-7)15(21)13(19-11)14-16(22)10-6-8(18)2-4-12(10)20-14/h1-6,19,21H. The number of Topliss-reactive ketones (excluding diaryl/α,β-unsaturated/α-hetero) is 1. The quantitative estimate of drug-likeness (QED) is 0.663. The van der Waals surface area contributed by atoms with Gasteiger partial charge in [0.1, 0.15) is 19.3 Å². The molecule has 2 radical (unpaired) electrons. The zero-order valence-electron chi connectivity index (χ0n) is 11.2. The largest absolute Gasteiger partial charge is 0.505 e. The highest BCUT2D eigenvalue weighted by atomic mass is 79.9. The fourth-order valence-electron chi connectivity index (χ4n) is 2.62. The van der Waals surface area contributed by atoms with Gasteiger partial charge in [-0.05, 0) is 24.3 Å². The highest BCUT2D eigenvalue weighted by molar-refractivity contribution is 9.10. The van der Waals surface area contributed by atoms with Crippen LogP contribution >= 0.6 is 15.9 Å². The minimum Gasteiger partial charge on any atom is -0.505 e. The molecule has 0 saturated carbocycles. The lowest BCUT2D eigenvalue weighted by Gasteiger charge is -1.97. The highest BCUT2D eigenvalue weighted by Gasteiger charge is 2.29. The zero-order chi connectivity index (χ0) is 15.4. The van der Waals surface area contributed by atoms with Crippen LogP contribution in [0, 0.1) is 0 Å². The first kappa shape index (κ1) is 13.3. The van der Waals surface area contributed by atoms with Crippen molar-refractivity contribution in [3.8, 4) is 5.75 Å². The van der Waals surface area contributed by atoms with Crippen LogP contribution in [0.5, 0.6) is 5.75 Å². The van der Waals surface area contributed by atoms with Gasteiger partial charge in [-0.1, -0.05) is 33.5 Å². The van der Waals surface area contributed by atoms with Gasteiger partial charge >= 0.3 is 0 Å². The molecule has 0 atom stereocenters. The van der Waals surface area contributed by atoms with E-state index in [9.17, 15) is 9.90 Å². The van der Waals surface area contributed by atoms with Crippen LogP contribution in [0.2, 0.25) is 0 Å². The Morgan fingerprint density at radius 2 is 2.00 bits per heavy atom. The van der Waals surface area contributed by atoms with Crippen molar-refractivity contribution in [2.75, 3.05) is 0 Å². The van der Waals surface area contributed by atoms with Crippen LogP contribution in [0.15, 0.2) is 45.9 Å². The van der Waals surface area contributed by atoms with E-state index in [-0.39, 0.29) is 17.2 Å². The van der Waals surface area contributed by atoms with Gasteiger partial charge in [0.25, 0.3) is 0 Å². The number of rotatable bonds is 1. The fraction of sp³-hybridized carbons (Fsp3) is 0. The number of hydrogen-bond donors (Lipinski definition) is 2. The van der Waals surface area contributed by atoms with Crippen LogP contribution < -0.4 is 5.46 Å². The Labute approximate surface area is 135 Å². The molecule has 3 aromatic rings. The molecular formula is C16H8BBrN2O2. The van der Waals surface area contributed by atoms with Crippen molar-refractivity contribution in [3.63, 3.8) is 0 Å². The van der Waals surface area contributed by atoms with Gasteiger partial charge in [0.15, 0.2) is 5.75 Å². The van der Waals surface area contributed by atoms with E-state index in [0.29, 0.717) is 33.3 Å². The minimum absolute atomic E-state index is 0.0127. The lowest BCUT2D eigenvalue weighted by Crippen LogP contribution is -2.11. The number of fused-ring (bicyclic) bond motifs is 2. The summed E-state index contributed by atoms with van der Waals surface area (Å²) in [5.41, 5.74) is 2.88. The van der Waals surface area contributed by atoms with E-state index in [0.717, 1.165) is 4.47 Å². The highest BCUT2D eigenvalue weighted by Crippen LogP contribution is 2.35. The van der Waals surface area contributed by atoms with E-state index in [2.05, 4.69) is 25.9 Å². The maximum Gasteiger partial charge on any atom is 0.215 e. The van der Waals surface area contributed by atoms with E-state index < -0.39 is 0 Å². The van der Waals surface area contributed by atoms with Crippen molar-refractivity contribution in [1.29, 1.82) is 0 Å². The summed E-state index contributed by atoms with van der Waals surface area (Å²) in [5.74, 6) is -0.229. The van der Waals surface area contributed by atoms with Gasteiger partial charge in [-0.3, -0.25) is 4.79 Å². The van der Waals surface area contributed by atoms with Crippen molar-refractivity contribution in [1.82, 2.24) is 4.98 Å². The van der Waals surface area contributed by atoms with Crippen LogP contribution in [0.25, 0.3) is 10.9 Å². The second-order valence-electron chi connectivity index (χ2n) is 5.10. The first-order chi connectivity index (χ1) is 10.5. The van der Waals surface area contributed by atoms with Crippen LogP contribution in [-0.4, -0.2) is 29.4 Å². The molecule has 0 bridgehead atoms. The molecule has 1 aliphatic heterocycles. The van der Waals surface area contributed by atoms with Crippen molar-refractivity contribution < 1.29 is 9.90 Å². The topological polar surface area (TPSA) is 65.5 Å². The molecule has 6 heteroatoms. The molecule has 104 valence electrons. The van der Waals surface area contributed by atoms with Crippen molar-refractivity contribution >= 4 is 57.3 Å². The summed E-state index contributed by atoms with van der Waals surface area (Å²) in [6, 6.07) is 10.5. The number of carbonyl (C=O) groups is 1. The molecule has 0 spiro atoms. The van der Waals surface area contributed by atoms with Crippen molar-refractivity contribution in [3.05, 3.63) is 52.1 Å². The number of aromatic nitrogens is 1. The predicted octanol–water partition coefficient (Wildman–Crippen LogP) is 2.75. The Hall–Kier alpha value is -2.34. The molecule has 0 aliphatic carbocycles. The Morgan fingerprint density at radius 1 is 1.18 bits per heavy atom. The van der Waals surface area contributed by atoms with Gasteiger partial charge in [0, 0.05) is 15.4 Å². The number of aliphatic imine (C=N–C) groups is 1. The van der Waals surface area contributed by atoms with Crippen LogP contribution in [0.1, 0.15) is 16.1 Å². The molecule has 4 rings (SSSR count). The monoisotopic (exact) mass is 350 g/mol. The number of nitrogens with one attached hydrogen (secondary N) is 1. The van der Waals surface area contributed by atoms with Gasteiger partial charge in [-0.25, -0.2) is 4.99 Å². The average molecular weight is 351 g/mol. The lowest BCUT2D eigenvalue weighted by atomic mass is 9.95. The van der Waals surface area contributed by atoms with Crippen LogP contribution in [0.3, 0.4) is 0 Å². The summed E-state index contributed by atoms with van der Waals surface area (Å²) >= 11 is 3.34. The maximum atomic E-state index is 12.5. The first-order valence-corrected chi connectivity index (χ1v) is 7.37. The molecule has 0 unspecified atom stereocenters. The normalized spacial score (nSPS) is 13.5. The number of benzene rings is 2. The number of H-pyrrole nitrogens is 1. The summed E-state index contributed by atoms with van der Waals surface area (Å²) in [4.78, 5) is 19.9. The molecule has 4 nitrogen and oxygen atoms in total. The number of ketones is 1. The number of carbonyl (C=O) groups excluding carboxylic acids is 1. The number of halogens is 1. The van der Waals surface area contributed by atoms with Gasteiger partial charge in [0.2, 0.25) is 5.78 Å². The third kappa shape index (κ3) is 1.84. The maximum absolute atomic E-state index is 12.5. The number of aromatic amines is 1. The molecule has 0 amide bonds. The third-order valence-electron chi connectivity index (χ3n) is 3.68. The molecule has 22 heavy (non-hydrogen) atoms. The Bertz CT molecular complexity index is 991. The summed E-state index contributed by atoms with van der Waals surface area (Å²) in [6.07, 6.45) is 0. The summed E-state index contributed by atoms with van der Waals surface area (Å²) in [7, 11) is 5.74. The zero-order valence-corrected chi connectivity index (χ0v) is 12.8. The SMILES string of the molecule is [B]c1ccc2[nH]c(C3=Nc4ccc(Br)cc4C3=O)c(O)c2c1. The third-order valence-corrected chi connectivity index (χ3v) is 4.18. The first-order valence-electron chi connectivity index (χ1n) is 6.58. The fourth-order valence-corrected chi connectivity index (χ4v) is 2.98. The second-order valence-corrected chi connectivity index (χ2v) is 6.02.